The SMILES string of the molecule is CCCCSC(C(=O)c1ccc(Oc2ccc(OC)cc2)cc1)C(C)(C)C. The number of carbonyl (C=O) groups is 1. The maximum atomic E-state index is 13.1. The molecule has 0 amide bonds. The molecule has 2 aromatic carbocycles. The van der Waals surface area contributed by atoms with Crippen LogP contribution in [-0.4, -0.2) is 23.9 Å². The molecule has 2 aromatic rings. The number of thioether (sulfide) groups is 1. The predicted octanol–water partition coefficient (Wildman–Crippen LogP) is 6.62. The van der Waals surface area contributed by atoms with Gasteiger partial charge in [-0.3, -0.25) is 4.79 Å². The summed E-state index contributed by atoms with van der Waals surface area (Å²) in [6.07, 6.45) is 2.29. The molecule has 2 rings (SSSR count). The van der Waals surface area contributed by atoms with Crippen LogP contribution < -0.4 is 9.47 Å². The molecule has 0 N–H and O–H groups in total. The number of methoxy groups -OCH3 is 1. The molecule has 0 spiro atoms. The second-order valence-corrected chi connectivity index (χ2v) is 8.85. The molecule has 4 heteroatoms. The molecule has 27 heavy (non-hydrogen) atoms. The van der Waals surface area contributed by atoms with E-state index in [9.17, 15) is 4.79 Å². The molecule has 0 fully saturated rings. The number of hydrogen-bond donors (Lipinski definition) is 0. The number of carbonyl (C=O) groups excluding carboxylic acids is 1. The van der Waals surface area contributed by atoms with Crippen LogP contribution in [0.25, 0.3) is 0 Å². The summed E-state index contributed by atoms with van der Waals surface area (Å²) >= 11 is 1.77. The van der Waals surface area contributed by atoms with Crippen molar-refractivity contribution in [2.45, 2.75) is 45.8 Å². The van der Waals surface area contributed by atoms with Crippen molar-refractivity contribution < 1.29 is 14.3 Å². The summed E-state index contributed by atoms with van der Waals surface area (Å²) in [6, 6.07) is 14.9. The van der Waals surface area contributed by atoms with E-state index in [0.29, 0.717) is 5.75 Å². The summed E-state index contributed by atoms with van der Waals surface area (Å²) in [5.74, 6) is 3.44. The van der Waals surface area contributed by atoms with Crippen LogP contribution >= 0.6 is 11.8 Å². The minimum absolute atomic E-state index is 0.0441. The molecule has 0 bridgehead atoms. The number of rotatable bonds is 9. The van der Waals surface area contributed by atoms with Crippen LogP contribution in [0.3, 0.4) is 0 Å². The van der Waals surface area contributed by atoms with Gasteiger partial charge in [-0.05, 0) is 66.1 Å². The van der Waals surface area contributed by atoms with E-state index in [-0.39, 0.29) is 16.4 Å². The summed E-state index contributed by atoms with van der Waals surface area (Å²) in [5, 5.41) is -0.0441. The Hall–Kier alpha value is -1.94. The summed E-state index contributed by atoms with van der Waals surface area (Å²) in [6.45, 7) is 8.58. The second-order valence-electron chi connectivity index (χ2n) is 7.64. The Morgan fingerprint density at radius 3 is 1.96 bits per heavy atom. The van der Waals surface area contributed by atoms with Crippen LogP contribution in [0.4, 0.5) is 0 Å². The zero-order valence-corrected chi connectivity index (χ0v) is 17.8. The molecular formula is C23H30O3S. The Bertz CT molecular complexity index is 715. The predicted molar refractivity (Wildman–Crippen MR) is 114 cm³/mol. The van der Waals surface area contributed by atoms with E-state index in [2.05, 4.69) is 27.7 Å². The van der Waals surface area contributed by atoms with Crippen LogP contribution in [0, 0.1) is 5.41 Å². The van der Waals surface area contributed by atoms with Gasteiger partial charge in [0.1, 0.15) is 17.2 Å². The molecule has 0 heterocycles. The van der Waals surface area contributed by atoms with Crippen molar-refractivity contribution in [3.63, 3.8) is 0 Å². The van der Waals surface area contributed by atoms with Crippen molar-refractivity contribution in [1.29, 1.82) is 0 Å². The van der Waals surface area contributed by atoms with Gasteiger partial charge in [0.2, 0.25) is 0 Å². The number of benzene rings is 2. The molecule has 1 unspecified atom stereocenters. The molecule has 0 aliphatic carbocycles. The third kappa shape index (κ3) is 6.31. The molecule has 0 aliphatic rings. The summed E-state index contributed by atoms with van der Waals surface area (Å²) in [7, 11) is 1.64. The van der Waals surface area contributed by atoms with Crippen molar-refractivity contribution in [3.8, 4) is 17.2 Å². The fraction of sp³-hybridized carbons (Fsp3) is 0.435. The van der Waals surface area contributed by atoms with Crippen molar-refractivity contribution in [2.24, 2.45) is 5.41 Å². The first-order valence-electron chi connectivity index (χ1n) is 9.43. The third-order valence-electron chi connectivity index (χ3n) is 4.24. The van der Waals surface area contributed by atoms with Gasteiger partial charge in [0.25, 0.3) is 0 Å². The number of Topliss-reactive ketones (excluding diaryl/α,β-unsaturated/α-hetero) is 1. The maximum absolute atomic E-state index is 13.1. The van der Waals surface area contributed by atoms with Gasteiger partial charge >= 0.3 is 0 Å². The first kappa shape index (κ1) is 21.4. The lowest BCUT2D eigenvalue weighted by Crippen LogP contribution is -2.32. The van der Waals surface area contributed by atoms with Gasteiger partial charge in [-0.1, -0.05) is 34.1 Å². The second kappa shape index (κ2) is 9.84. The quantitative estimate of drug-likeness (QED) is 0.358. The van der Waals surface area contributed by atoms with Crippen LogP contribution in [0.2, 0.25) is 0 Å². The number of ketones is 1. The normalized spacial score (nSPS) is 12.5. The van der Waals surface area contributed by atoms with Crippen LogP contribution in [0.15, 0.2) is 48.5 Å². The van der Waals surface area contributed by atoms with E-state index in [1.54, 1.807) is 18.9 Å². The highest BCUT2D eigenvalue weighted by atomic mass is 32.2. The van der Waals surface area contributed by atoms with Gasteiger partial charge in [0.05, 0.1) is 12.4 Å². The number of ether oxygens (including phenoxy) is 2. The van der Waals surface area contributed by atoms with Gasteiger partial charge in [0.15, 0.2) is 5.78 Å². The molecule has 0 aliphatic heterocycles. The molecule has 1 atom stereocenters. The largest absolute Gasteiger partial charge is 0.497 e. The molecule has 0 saturated heterocycles. The fourth-order valence-electron chi connectivity index (χ4n) is 2.68. The van der Waals surface area contributed by atoms with E-state index in [1.165, 1.54) is 0 Å². The smallest absolute Gasteiger partial charge is 0.176 e. The minimum Gasteiger partial charge on any atom is -0.497 e. The van der Waals surface area contributed by atoms with E-state index in [0.717, 1.165) is 35.7 Å². The Morgan fingerprint density at radius 1 is 0.963 bits per heavy atom. The van der Waals surface area contributed by atoms with E-state index >= 15 is 0 Å². The Labute approximate surface area is 167 Å². The molecule has 0 radical (unpaired) electrons. The highest BCUT2D eigenvalue weighted by molar-refractivity contribution is 8.00. The molecule has 3 nitrogen and oxygen atoms in total. The van der Waals surface area contributed by atoms with Crippen LogP contribution in [0.5, 0.6) is 17.2 Å². The Morgan fingerprint density at radius 2 is 1.48 bits per heavy atom. The van der Waals surface area contributed by atoms with Crippen LogP contribution in [0.1, 0.15) is 50.9 Å². The zero-order chi connectivity index (χ0) is 19.9. The van der Waals surface area contributed by atoms with E-state index < -0.39 is 0 Å². The lowest BCUT2D eigenvalue weighted by molar-refractivity contribution is 0.0950. The number of hydrogen-bond acceptors (Lipinski definition) is 4. The Kier molecular flexibility index (Phi) is 7.78. The molecule has 0 aromatic heterocycles. The summed E-state index contributed by atoms with van der Waals surface area (Å²) < 4.78 is 11.0. The standard InChI is InChI=1S/C23H30O3S/c1-6-7-16-27-22(23(2,3)4)21(24)17-8-10-19(11-9-17)26-20-14-12-18(25-5)13-15-20/h8-15,22H,6-7,16H2,1-5H3. The third-order valence-corrected chi connectivity index (χ3v) is 6.02. The van der Waals surface area contributed by atoms with Gasteiger partial charge in [-0.2, -0.15) is 0 Å². The molecular weight excluding hydrogens is 356 g/mol. The van der Waals surface area contributed by atoms with Gasteiger partial charge in [-0.25, -0.2) is 0 Å². The zero-order valence-electron chi connectivity index (χ0n) is 17.0. The number of unbranched alkanes of at least 4 members (excludes halogenated alkanes) is 1. The fourth-order valence-corrected chi connectivity index (χ4v) is 4.16. The van der Waals surface area contributed by atoms with Gasteiger partial charge in [0, 0.05) is 5.56 Å². The topological polar surface area (TPSA) is 35.5 Å². The lowest BCUT2D eigenvalue weighted by atomic mass is 9.87. The molecule has 146 valence electrons. The first-order valence-corrected chi connectivity index (χ1v) is 10.5. The van der Waals surface area contributed by atoms with Crippen molar-refractivity contribution >= 4 is 17.5 Å². The van der Waals surface area contributed by atoms with E-state index in [4.69, 9.17) is 9.47 Å². The Balaban J connectivity index is 2.08. The van der Waals surface area contributed by atoms with E-state index in [1.807, 2.05) is 48.5 Å². The van der Waals surface area contributed by atoms with Crippen molar-refractivity contribution in [1.82, 2.24) is 0 Å². The summed E-state index contributed by atoms with van der Waals surface area (Å²) in [4.78, 5) is 13.1. The van der Waals surface area contributed by atoms with Crippen LogP contribution in [-0.2, 0) is 0 Å². The van der Waals surface area contributed by atoms with Gasteiger partial charge < -0.3 is 9.47 Å². The highest BCUT2D eigenvalue weighted by Gasteiger charge is 2.32. The van der Waals surface area contributed by atoms with Gasteiger partial charge in [-0.15, -0.1) is 11.8 Å². The highest BCUT2D eigenvalue weighted by Crippen LogP contribution is 2.34. The monoisotopic (exact) mass is 386 g/mol. The molecule has 0 saturated carbocycles. The maximum Gasteiger partial charge on any atom is 0.176 e. The van der Waals surface area contributed by atoms with Crippen molar-refractivity contribution in [3.05, 3.63) is 54.1 Å². The summed E-state index contributed by atoms with van der Waals surface area (Å²) in [5.41, 5.74) is 0.661. The average molecular weight is 387 g/mol. The lowest BCUT2D eigenvalue weighted by Gasteiger charge is -2.29. The average Bonchev–Trinajstić information content (AvgIpc) is 2.65. The minimum atomic E-state index is -0.0756. The van der Waals surface area contributed by atoms with Crippen molar-refractivity contribution in [2.75, 3.05) is 12.9 Å². The first-order chi connectivity index (χ1) is 12.8.